The number of hydrogen-bond acceptors (Lipinski definition) is 4. The van der Waals surface area contributed by atoms with Crippen LogP contribution in [0.1, 0.15) is 32.4 Å². The Balaban J connectivity index is 0.00000144. The lowest BCUT2D eigenvalue weighted by molar-refractivity contribution is -0.287. The number of para-hydroxylation sites is 1. The van der Waals surface area contributed by atoms with E-state index in [0.717, 1.165) is 31.7 Å². The molecule has 2 aliphatic rings. The van der Waals surface area contributed by atoms with Crippen LogP contribution in [0.15, 0.2) is 18.2 Å². The van der Waals surface area contributed by atoms with E-state index >= 15 is 0 Å². The molecule has 24 heavy (non-hydrogen) atoms. The zero-order chi connectivity index (χ0) is 16.0. The fourth-order valence-electron chi connectivity index (χ4n) is 3.36. The summed E-state index contributed by atoms with van der Waals surface area (Å²) < 4.78 is 36.3. The average molecular weight is 385 g/mol. The molecule has 1 atom stereocenters. The van der Waals surface area contributed by atoms with Crippen molar-refractivity contribution in [3.8, 4) is 11.5 Å². The minimum absolute atomic E-state index is 0. The number of rotatable bonds is 2. The number of nitrogens with zero attached hydrogens (tertiary/aromatic N) is 1. The molecule has 0 aliphatic carbocycles. The van der Waals surface area contributed by atoms with Crippen molar-refractivity contribution in [1.82, 2.24) is 10.2 Å². The lowest BCUT2D eigenvalue weighted by Gasteiger charge is -2.42. The van der Waals surface area contributed by atoms with E-state index in [1.165, 1.54) is 6.07 Å². The van der Waals surface area contributed by atoms with Gasteiger partial charge in [-0.1, -0.05) is 32.9 Å². The lowest BCUT2D eigenvalue weighted by atomic mass is 9.80. The molecule has 2 heterocycles. The van der Waals surface area contributed by atoms with Gasteiger partial charge in [0, 0.05) is 37.8 Å². The topological polar surface area (TPSA) is 33.7 Å². The van der Waals surface area contributed by atoms with Crippen molar-refractivity contribution in [2.45, 2.75) is 33.1 Å². The van der Waals surface area contributed by atoms with Crippen LogP contribution in [0.3, 0.4) is 0 Å². The van der Waals surface area contributed by atoms with Crippen LogP contribution in [0.2, 0.25) is 0 Å². The second-order valence-corrected chi connectivity index (χ2v) is 6.90. The standard InChI is InChI=1S/C16H22F2N2O2.2ClH/c1-15(2,3)14(20-9-7-19-8-10-20)11-5-4-6-12-13(11)22-16(17,18)21-12;;/h4-6,14,19H,7-10H2,1-3H3;2*1H/t14-;;/m0../s1. The molecule has 1 N–H and O–H groups in total. The fourth-order valence-corrected chi connectivity index (χ4v) is 3.36. The van der Waals surface area contributed by atoms with Gasteiger partial charge in [0.25, 0.3) is 0 Å². The van der Waals surface area contributed by atoms with Crippen LogP contribution < -0.4 is 14.8 Å². The summed E-state index contributed by atoms with van der Waals surface area (Å²) in [4.78, 5) is 2.33. The van der Waals surface area contributed by atoms with Gasteiger partial charge in [-0.15, -0.1) is 33.6 Å². The Labute approximate surface area is 153 Å². The molecular weight excluding hydrogens is 361 g/mol. The zero-order valence-corrected chi connectivity index (χ0v) is 15.6. The molecule has 0 radical (unpaired) electrons. The SMILES string of the molecule is CC(C)(C)[C@H](c1cccc2c1OC(F)(F)O2)N1CCNCC1.Cl.Cl. The summed E-state index contributed by atoms with van der Waals surface area (Å²) in [5.74, 6) is 0.290. The molecule has 0 amide bonds. The van der Waals surface area contributed by atoms with E-state index in [1.54, 1.807) is 6.07 Å². The molecule has 4 nitrogen and oxygen atoms in total. The van der Waals surface area contributed by atoms with E-state index in [2.05, 4.69) is 35.7 Å². The van der Waals surface area contributed by atoms with E-state index in [9.17, 15) is 8.78 Å². The predicted octanol–water partition coefficient (Wildman–Crippen LogP) is 3.84. The maximum Gasteiger partial charge on any atom is 0.586 e. The number of benzene rings is 1. The first-order chi connectivity index (χ1) is 10.3. The Morgan fingerprint density at radius 3 is 2.33 bits per heavy atom. The third kappa shape index (κ3) is 4.23. The highest BCUT2D eigenvalue weighted by Gasteiger charge is 2.46. The number of alkyl halides is 2. The summed E-state index contributed by atoms with van der Waals surface area (Å²) in [6, 6.07) is 5.13. The highest BCUT2D eigenvalue weighted by atomic mass is 35.5. The normalized spacial score (nSPS) is 20.7. The molecule has 8 heteroatoms. The smallest absolute Gasteiger partial charge is 0.395 e. The molecule has 0 saturated carbocycles. The second-order valence-electron chi connectivity index (χ2n) is 6.90. The van der Waals surface area contributed by atoms with Crippen LogP contribution in [-0.4, -0.2) is 37.4 Å². The monoisotopic (exact) mass is 384 g/mol. The molecule has 138 valence electrons. The lowest BCUT2D eigenvalue weighted by Crippen LogP contribution is -2.48. The molecule has 0 aromatic heterocycles. The summed E-state index contributed by atoms with van der Waals surface area (Å²) in [7, 11) is 0. The van der Waals surface area contributed by atoms with Crippen LogP contribution in [0.25, 0.3) is 0 Å². The number of halogens is 4. The number of nitrogens with one attached hydrogen (secondary N) is 1. The van der Waals surface area contributed by atoms with Crippen molar-refractivity contribution in [2.24, 2.45) is 5.41 Å². The van der Waals surface area contributed by atoms with Crippen LogP contribution in [0.5, 0.6) is 11.5 Å². The van der Waals surface area contributed by atoms with Gasteiger partial charge in [-0.05, 0) is 11.5 Å². The minimum atomic E-state index is -3.58. The highest BCUT2D eigenvalue weighted by Crippen LogP contribution is 2.50. The second kappa shape index (κ2) is 7.60. The molecule has 3 rings (SSSR count). The van der Waals surface area contributed by atoms with Crippen LogP contribution in [0, 0.1) is 5.41 Å². The van der Waals surface area contributed by atoms with Gasteiger partial charge < -0.3 is 14.8 Å². The van der Waals surface area contributed by atoms with Gasteiger partial charge in [0.05, 0.1) is 0 Å². The molecule has 2 aliphatic heterocycles. The summed E-state index contributed by atoms with van der Waals surface area (Å²) in [6.45, 7) is 9.91. The number of fused-ring (bicyclic) bond motifs is 1. The summed E-state index contributed by atoms with van der Waals surface area (Å²) in [5.41, 5.74) is 0.650. The Morgan fingerprint density at radius 2 is 1.75 bits per heavy atom. The summed E-state index contributed by atoms with van der Waals surface area (Å²) >= 11 is 0. The van der Waals surface area contributed by atoms with Crippen molar-refractivity contribution < 1.29 is 18.3 Å². The number of hydrogen-bond donors (Lipinski definition) is 1. The first kappa shape index (κ1) is 21.2. The molecule has 1 fully saturated rings. The van der Waals surface area contributed by atoms with Crippen LogP contribution in [0.4, 0.5) is 8.78 Å². The van der Waals surface area contributed by atoms with Crippen molar-refractivity contribution in [3.63, 3.8) is 0 Å². The molecule has 0 bridgehead atoms. The van der Waals surface area contributed by atoms with Gasteiger partial charge in [-0.2, -0.15) is 0 Å². The largest absolute Gasteiger partial charge is 0.586 e. The quantitative estimate of drug-likeness (QED) is 0.839. The Hall–Kier alpha value is -0.820. The minimum Gasteiger partial charge on any atom is -0.395 e. The van der Waals surface area contributed by atoms with Crippen molar-refractivity contribution >= 4 is 24.8 Å². The Morgan fingerprint density at radius 1 is 1.12 bits per heavy atom. The van der Waals surface area contributed by atoms with Crippen molar-refractivity contribution in [3.05, 3.63) is 23.8 Å². The summed E-state index contributed by atoms with van der Waals surface area (Å²) in [5, 5.41) is 3.32. The van der Waals surface area contributed by atoms with Gasteiger partial charge in [0.2, 0.25) is 0 Å². The molecular formula is C16H24Cl2F2N2O2. The number of piperazine rings is 1. The van der Waals surface area contributed by atoms with Gasteiger partial charge in [0.1, 0.15) is 0 Å². The fraction of sp³-hybridized carbons (Fsp3) is 0.625. The van der Waals surface area contributed by atoms with Gasteiger partial charge in [-0.25, -0.2) is 0 Å². The molecule has 0 unspecified atom stereocenters. The van der Waals surface area contributed by atoms with Crippen LogP contribution in [-0.2, 0) is 0 Å². The van der Waals surface area contributed by atoms with E-state index < -0.39 is 6.29 Å². The van der Waals surface area contributed by atoms with Crippen molar-refractivity contribution in [2.75, 3.05) is 26.2 Å². The molecule has 1 aromatic rings. The molecule has 1 aromatic carbocycles. The average Bonchev–Trinajstić information content (AvgIpc) is 2.73. The third-order valence-corrected chi connectivity index (χ3v) is 4.09. The Bertz CT molecular complexity index is 561. The van der Waals surface area contributed by atoms with E-state index in [4.69, 9.17) is 4.74 Å². The number of ether oxygens (including phenoxy) is 2. The maximum atomic E-state index is 13.5. The highest BCUT2D eigenvalue weighted by molar-refractivity contribution is 5.85. The Kier molecular flexibility index (Phi) is 6.72. The van der Waals surface area contributed by atoms with Gasteiger partial charge in [-0.3, -0.25) is 4.90 Å². The van der Waals surface area contributed by atoms with E-state index in [-0.39, 0.29) is 47.8 Å². The first-order valence-corrected chi connectivity index (χ1v) is 7.61. The summed E-state index contributed by atoms with van der Waals surface area (Å²) in [6.07, 6.45) is -3.58. The third-order valence-electron chi connectivity index (χ3n) is 4.09. The van der Waals surface area contributed by atoms with E-state index in [1.807, 2.05) is 6.07 Å². The molecule has 0 spiro atoms. The predicted molar refractivity (Wildman–Crippen MR) is 93.8 cm³/mol. The van der Waals surface area contributed by atoms with Gasteiger partial charge in [0.15, 0.2) is 11.5 Å². The van der Waals surface area contributed by atoms with Crippen LogP contribution >= 0.6 is 24.8 Å². The zero-order valence-electron chi connectivity index (χ0n) is 14.0. The van der Waals surface area contributed by atoms with Gasteiger partial charge >= 0.3 is 6.29 Å². The van der Waals surface area contributed by atoms with E-state index in [0.29, 0.717) is 0 Å². The van der Waals surface area contributed by atoms with Crippen molar-refractivity contribution in [1.29, 1.82) is 0 Å². The maximum absolute atomic E-state index is 13.5. The first-order valence-electron chi connectivity index (χ1n) is 7.61. The molecule has 1 saturated heterocycles.